The maximum absolute atomic E-state index is 11.5. The molecule has 3 aromatic rings. The largest absolute Gasteiger partial charge is 0.481 e. The number of ether oxygens (including phenoxy) is 1. The number of terminal acetylenes is 1. The maximum atomic E-state index is 11.5. The Kier molecular flexibility index (Phi) is 7.36. The molecular formula is C22H21BrN4O3S. The number of thioether (sulfide) groups is 1. The Balaban J connectivity index is 2.04. The first-order chi connectivity index (χ1) is 14.8. The number of benzene rings is 2. The number of aryl methyl sites for hydroxylation is 3. The molecule has 0 aliphatic heterocycles. The summed E-state index contributed by atoms with van der Waals surface area (Å²) in [5, 5.41) is 20.0. The summed E-state index contributed by atoms with van der Waals surface area (Å²) in [7, 11) is 0. The smallest absolute Gasteiger partial charge is 0.220 e. The fourth-order valence-corrected chi connectivity index (χ4v) is 4.64. The highest BCUT2D eigenvalue weighted by Crippen LogP contribution is 2.41. The lowest BCUT2D eigenvalue weighted by Gasteiger charge is -2.18. The van der Waals surface area contributed by atoms with Crippen molar-refractivity contribution in [1.29, 1.82) is 0 Å². The zero-order chi connectivity index (χ0) is 22.5. The van der Waals surface area contributed by atoms with Crippen LogP contribution in [0.3, 0.4) is 0 Å². The Morgan fingerprint density at radius 2 is 2.00 bits per heavy atom. The Bertz CT molecular complexity index is 1160. The quantitative estimate of drug-likeness (QED) is 0.185. The molecule has 0 amide bonds. The van der Waals surface area contributed by atoms with Crippen molar-refractivity contribution in [3.8, 4) is 23.8 Å². The average molecular weight is 501 g/mol. The molecule has 3 rings (SSSR count). The van der Waals surface area contributed by atoms with Crippen molar-refractivity contribution in [2.45, 2.75) is 31.2 Å². The Hall–Kier alpha value is -2.83. The van der Waals surface area contributed by atoms with E-state index in [1.807, 2.05) is 49.6 Å². The van der Waals surface area contributed by atoms with Gasteiger partial charge in [0.15, 0.2) is 5.16 Å². The fourth-order valence-electron chi connectivity index (χ4n) is 3.06. The molecule has 0 aliphatic rings. The minimum Gasteiger partial charge on any atom is -0.481 e. The van der Waals surface area contributed by atoms with Gasteiger partial charge in [-0.1, -0.05) is 39.7 Å². The number of nitrogens with zero attached hydrogens (tertiary/aromatic N) is 4. The predicted octanol–water partition coefficient (Wildman–Crippen LogP) is 5.08. The van der Waals surface area contributed by atoms with E-state index >= 15 is 0 Å². The molecule has 1 heterocycles. The van der Waals surface area contributed by atoms with E-state index < -0.39 is 5.25 Å². The van der Waals surface area contributed by atoms with E-state index in [-0.39, 0.29) is 18.1 Å². The van der Waals surface area contributed by atoms with Crippen molar-refractivity contribution in [3.05, 3.63) is 73.5 Å². The van der Waals surface area contributed by atoms with Gasteiger partial charge >= 0.3 is 0 Å². The summed E-state index contributed by atoms with van der Waals surface area (Å²) in [5.74, 6) is 3.64. The number of halogens is 1. The van der Waals surface area contributed by atoms with E-state index in [0.717, 1.165) is 15.7 Å². The third-order valence-electron chi connectivity index (χ3n) is 4.74. The van der Waals surface area contributed by atoms with Crippen molar-refractivity contribution in [1.82, 2.24) is 14.8 Å². The van der Waals surface area contributed by atoms with Crippen LogP contribution in [-0.4, -0.2) is 32.8 Å². The molecule has 160 valence electrons. The first-order valence-corrected chi connectivity index (χ1v) is 11.1. The molecule has 0 N–H and O–H groups in total. The average Bonchev–Trinajstić information content (AvgIpc) is 3.08. The van der Waals surface area contributed by atoms with Gasteiger partial charge in [-0.15, -0.1) is 16.6 Å². The van der Waals surface area contributed by atoms with Crippen molar-refractivity contribution in [2.24, 2.45) is 0 Å². The highest BCUT2D eigenvalue weighted by molar-refractivity contribution is 9.10. The summed E-state index contributed by atoms with van der Waals surface area (Å²) >= 11 is 4.72. The van der Waals surface area contributed by atoms with Gasteiger partial charge in [0.1, 0.15) is 23.4 Å². The molecule has 7 nitrogen and oxygen atoms in total. The van der Waals surface area contributed by atoms with Crippen LogP contribution in [0.25, 0.3) is 5.69 Å². The fraction of sp³-hybridized carbons (Fsp3) is 0.273. The predicted molar refractivity (Wildman–Crippen MR) is 124 cm³/mol. The molecule has 2 aromatic carbocycles. The van der Waals surface area contributed by atoms with E-state index in [4.69, 9.17) is 11.2 Å². The van der Waals surface area contributed by atoms with Crippen molar-refractivity contribution < 1.29 is 9.66 Å². The summed E-state index contributed by atoms with van der Waals surface area (Å²) in [6.45, 7) is 5.70. The van der Waals surface area contributed by atoms with E-state index in [2.05, 4.69) is 38.1 Å². The summed E-state index contributed by atoms with van der Waals surface area (Å²) in [4.78, 5) is 11.2. The Morgan fingerprint density at radius 3 is 2.68 bits per heavy atom. The van der Waals surface area contributed by atoms with Crippen LogP contribution in [0.15, 0.2) is 46.0 Å². The van der Waals surface area contributed by atoms with Gasteiger partial charge < -0.3 is 4.74 Å². The Morgan fingerprint density at radius 1 is 1.23 bits per heavy atom. The van der Waals surface area contributed by atoms with Crippen LogP contribution >= 0.6 is 27.7 Å². The van der Waals surface area contributed by atoms with Crippen LogP contribution in [0.5, 0.6) is 5.75 Å². The molecular weight excluding hydrogens is 480 g/mol. The molecule has 0 bridgehead atoms. The van der Waals surface area contributed by atoms with Gasteiger partial charge in [0.05, 0.1) is 0 Å². The third-order valence-corrected chi connectivity index (χ3v) is 6.39. The number of aromatic nitrogens is 3. The summed E-state index contributed by atoms with van der Waals surface area (Å²) in [5.41, 5.74) is 3.89. The molecule has 0 fully saturated rings. The van der Waals surface area contributed by atoms with Gasteiger partial charge in [-0.3, -0.25) is 14.7 Å². The summed E-state index contributed by atoms with van der Waals surface area (Å²) in [6.07, 6.45) is 5.33. The lowest BCUT2D eigenvalue weighted by molar-refractivity contribution is -0.479. The highest BCUT2D eigenvalue weighted by Gasteiger charge is 2.27. The van der Waals surface area contributed by atoms with Gasteiger partial charge in [-0.2, -0.15) is 0 Å². The first kappa shape index (κ1) is 22.8. The Labute approximate surface area is 193 Å². The summed E-state index contributed by atoms with van der Waals surface area (Å²) < 4.78 is 8.35. The third kappa shape index (κ3) is 5.46. The van der Waals surface area contributed by atoms with Crippen LogP contribution in [-0.2, 0) is 0 Å². The molecule has 0 aliphatic carbocycles. The second-order valence-corrected chi connectivity index (χ2v) is 9.02. The van der Waals surface area contributed by atoms with Crippen molar-refractivity contribution >= 4 is 27.7 Å². The summed E-state index contributed by atoms with van der Waals surface area (Å²) in [6, 6.07) is 11.5. The molecule has 0 unspecified atom stereocenters. The van der Waals surface area contributed by atoms with E-state index in [0.29, 0.717) is 22.3 Å². The van der Waals surface area contributed by atoms with Crippen LogP contribution in [0.1, 0.15) is 27.8 Å². The topological polar surface area (TPSA) is 83.1 Å². The second-order valence-electron chi connectivity index (χ2n) is 6.93. The second kappa shape index (κ2) is 9.98. The molecule has 0 saturated carbocycles. The molecule has 1 atom stereocenters. The van der Waals surface area contributed by atoms with Crippen LogP contribution < -0.4 is 4.74 Å². The van der Waals surface area contributed by atoms with Crippen LogP contribution in [0.4, 0.5) is 0 Å². The van der Waals surface area contributed by atoms with Crippen molar-refractivity contribution in [2.75, 3.05) is 13.2 Å². The molecule has 1 aromatic heterocycles. The molecule has 9 heteroatoms. The lowest BCUT2D eigenvalue weighted by Crippen LogP contribution is -2.13. The van der Waals surface area contributed by atoms with Crippen LogP contribution in [0, 0.1) is 43.2 Å². The first-order valence-electron chi connectivity index (χ1n) is 9.44. The van der Waals surface area contributed by atoms with Gasteiger partial charge in [0.2, 0.25) is 6.54 Å². The molecule has 0 spiro atoms. The number of rotatable bonds is 8. The van der Waals surface area contributed by atoms with Gasteiger partial charge in [-0.05, 0) is 62.2 Å². The van der Waals surface area contributed by atoms with Gasteiger partial charge in [0, 0.05) is 20.6 Å². The number of hydrogen-bond donors (Lipinski definition) is 0. The monoisotopic (exact) mass is 500 g/mol. The molecule has 0 saturated heterocycles. The van der Waals surface area contributed by atoms with Crippen LogP contribution in [0.2, 0.25) is 0 Å². The standard InChI is InChI=1S/C22H21BrN4O3S/c1-5-10-30-20-9-7-17(23)12-19(20)21(13-26(28)29)31-22-25-24-16(4)27(22)18-8-6-14(2)15(3)11-18/h1,6-9,11-12,21H,10,13H2,2-4H3/t21-/m0/s1. The zero-order valence-corrected chi connectivity index (χ0v) is 19.7. The SMILES string of the molecule is C#CCOc1ccc(Br)cc1[C@H](C[N+](=O)[O-])Sc1nnc(C)n1-c1ccc(C)c(C)c1. The van der Waals surface area contributed by atoms with E-state index in [1.54, 1.807) is 6.07 Å². The number of nitro groups is 1. The molecule has 31 heavy (non-hydrogen) atoms. The lowest BCUT2D eigenvalue weighted by atomic mass is 10.1. The van der Waals surface area contributed by atoms with Gasteiger partial charge in [-0.25, -0.2) is 0 Å². The molecule has 0 radical (unpaired) electrons. The zero-order valence-electron chi connectivity index (χ0n) is 17.3. The van der Waals surface area contributed by atoms with E-state index in [9.17, 15) is 10.1 Å². The maximum Gasteiger partial charge on any atom is 0.220 e. The minimum absolute atomic E-state index is 0.0718. The normalized spacial score (nSPS) is 11.7. The van der Waals surface area contributed by atoms with Gasteiger partial charge in [0.25, 0.3) is 0 Å². The van der Waals surface area contributed by atoms with E-state index in [1.165, 1.54) is 17.3 Å². The minimum atomic E-state index is -0.561. The number of hydrogen-bond acceptors (Lipinski definition) is 6. The highest BCUT2D eigenvalue weighted by atomic mass is 79.9. The van der Waals surface area contributed by atoms with Crippen molar-refractivity contribution in [3.63, 3.8) is 0 Å².